The highest BCUT2D eigenvalue weighted by Crippen LogP contribution is 2.18. The van der Waals surface area contributed by atoms with E-state index < -0.39 is 23.2 Å². The number of esters is 1. The number of halogens is 2. The van der Waals surface area contributed by atoms with Gasteiger partial charge >= 0.3 is 5.97 Å². The van der Waals surface area contributed by atoms with Gasteiger partial charge in [0.2, 0.25) is 0 Å². The van der Waals surface area contributed by atoms with E-state index in [1.807, 2.05) is 13.8 Å². The zero-order valence-electron chi connectivity index (χ0n) is 13.1. The number of pyridine rings is 1. The Balaban J connectivity index is 0.00000116. The molecule has 0 aliphatic heterocycles. The molecule has 2 aromatic rings. The molecule has 6 heteroatoms. The highest BCUT2D eigenvalue weighted by atomic mass is 19.2. The number of aromatic nitrogens is 1. The van der Waals surface area contributed by atoms with Crippen LogP contribution >= 0.6 is 0 Å². The number of hydrogen-bond acceptors (Lipinski definition) is 3. The molecular formula is C16H19F2NO3. The second-order valence-electron chi connectivity index (χ2n) is 4.36. The monoisotopic (exact) mass is 311 g/mol. The summed E-state index contributed by atoms with van der Waals surface area (Å²) >= 11 is 0. The third-order valence-corrected chi connectivity index (χ3v) is 2.93. The first-order valence-corrected chi connectivity index (χ1v) is 7.08. The number of rotatable bonds is 3. The second kappa shape index (κ2) is 7.68. The van der Waals surface area contributed by atoms with E-state index in [9.17, 15) is 18.4 Å². The van der Waals surface area contributed by atoms with Gasteiger partial charge in [0.25, 0.3) is 5.56 Å². The third kappa shape index (κ3) is 3.69. The first-order chi connectivity index (χ1) is 10.4. The van der Waals surface area contributed by atoms with E-state index in [1.54, 1.807) is 13.8 Å². The minimum atomic E-state index is -1.09. The van der Waals surface area contributed by atoms with Crippen molar-refractivity contribution < 1.29 is 18.3 Å². The summed E-state index contributed by atoms with van der Waals surface area (Å²) in [6.07, 6.45) is 1.43. The van der Waals surface area contributed by atoms with Gasteiger partial charge in [-0.05, 0) is 36.9 Å². The fourth-order valence-corrected chi connectivity index (χ4v) is 2.03. The van der Waals surface area contributed by atoms with E-state index >= 15 is 0 Å². The molecule has 0 saturated carbocycles. The molecule has 1 heterocycles. The molecule has 0 saturated heterocycles. The van der Waals surface area contributed by atoms with Gasteiger partial charge in [-0.25, -0.2) is 8.78 Å². The van der Waals surface area contributed by atoms with Crippen LogP contribution in [0.25, 0.3) is 10.8 Å². The molecule has 0 spiro atoms. The van der Waals surface area contributed by atoms with Crippen molar-refractivity contribution in [3.63, 3.8) is 0 Å². The van der Waals surface area contributed by atoms with Gasteiger partial charge in [0.15, 0.2) is 11.6 Å². The summed E-state index contributed by atoms with van der Waals surface area (Å²) in [6, 6.07) is 1.83. The molecule has 0 amide bonds. The summed E-state index contributed by atoms with van der Waals surface area (Å²) in [5.41, 5.74) is 0.0142. The molecule has 0 radical (unpaired) electrons. The van der Waals surface area contributed by atoms with E-state index in [1.165, 1.54) is 6.20 Å². The van der Waals surface area contributed by atoms with Crippen LogP contribution in [-0.2, 0) is 16.1 Å². The van der Waals surface area contributed by atoms with Crippen molar-refractivity contribution in [2.75, 3.05) is 6.61 Å². The molecule has 1 aromatic heterocycles. The van der Waals surface area contributed by atoms with Crippen molar-refractivity contribution in [3.05, 3.63) is 45.9 Å². The van der Waals surface area contributed by atoms with Crippen molar-refractivity contribution in [3.8, 4) is 0 Å². The Labute approximate surface area is 127 Å². The van der Waals surface area contributed by atoms with E-state index in [2.05, 4.69) is 0 Å². The third-order valence-electron chi connectivity index (χ3n) is 2.93. The number of nitrogens with zero attached hydrogens (tertiary/aromatic N) is 1. The van der Waals surface area contributed by atoms with Crippen molar-refractivity contribution in [1.82, 2.24) is 4.57 Å². The Hall–Kier alpha value is -2.24. The molecular weight excluding hydrogens is 292 g/mol. The molecule has 0 atom stereocenters. The molecule has 4 nitrogen and oxygen atoms in total. The van der Waals surface area contributed by atoms with Crippen LogP contribution in [0.15, 0.2) is 23.1 Å². The smallest absolute Gasteiger partial charge is 0.326 e. The van der Waals surface area contributed by atoms with Crippen LogP contribution in [0.2, 0.25) is 0 Å². The molecule has 120 valence electrons. The number of carbonyl (C=O) groups excluding carboxylic acids is 1. The number of ether oxygens (including phenoxy) is 1. The maximum absolute atomic E-state index is 13.3. The quantitative estimate of drug-likeness (QED) is 0.818. The maximum Gasteiger partial charge on any atom is 0.326 e. The van der Waals surface area contributed by atoms with Crippen molar-refractivity contribution in [2.45, 2.75) is 34.2 Å². The highest BCUT2D eigenvalue weighted by molar-refractivity contribution is 5.85. The van der Waals surface area contributed by atoms with E-state index in [4.69, 9.17) is 4.74 Å². The van der Waals surface area contributed by atoms with Crippen LogP contribution in [0.1, 0.15) is 26.3 Å². The van der Waals surface area contributed by atoms with Gasteiger partial charge in [-0.15, -0.1) is 0 Å². The van der Waals surface area contributed by atoms with Crippen molar-refractivity contribution in [2.24, 2.45) is 0 Å². The SMILES string of the molecule is CC.CCOC(=O)Cn1cc(C)c2cc(F)c(F)cc2c1=O. The summed E-state index contributed by atoms with van der Waals surface area (Å²) < 4.78 is 32.4. The lowest BCUT2D eigenvalue weighted by Gasteiger charge is -2.10. The maximum atomic E-state index is 13.3. The van der Waals surface area contributed by atoms with E-state index in [0.717, 1.165) is 16.7 Å². The molecule has 0 aliphatic carbocycles. The number of hydrogen-bond donors (Lipinski definition) is 0. The van der Waals surface area contributed by atoms with Crippen LogP contribution in [0.3, 0.4) is 0 Å². The second-order valence-corrected chi connectivity index (χ2v) is 4.36. The minimum absolute atomic E-state index is 0.0354. The normalized spacial score (nSPS) is 10.1. The van der Waals surface area contributed by atoms with Crippen molar-refractivity contribution >= 4 is 16.7 Å². The molecule has 0 aliphatic rings. The largest absolute Gasteiger partial charge is 0.465 e. The summed E-state index contributed by atoms with van der Waals surface area (Å²) in [4.78, 5) is 23.6. The lowest BCUT2D eigenvalue weighted by Crippen LogP contribution is -2.25. The van der Waals surface area contributed by atoms with Crippen LogP contribution in [-0.4, -0.2) is 17.1 Å². The fraction of sp³-hybridized carbons (Fsp3) is 0.375. The molecule has 1 aromatic carbocycles. The first kappa shape index (κ1) is 17.8. The predicted octanol–water partition coefficient (Wildman–Crippen LogP) is 3.18. The Bertz CT molecular complexity index is 738. The lowest BCUT2D eigenvalue weighted by atomic mass is 10.1. The number of fused-ring (bicyclic) bond motifs is 1. The molecule has 2 rings (SSSR count). The zero-order valence-corrected chi connectivity index (χ0v) is 13.1. The van der Waals surface area contributed by atoms with Gasteiger partial charge in [0.1, 0.15) is 6.54 Å². The predicted molar refractivity (Wildman–Crippen MR) is 80.8 cm³/mol. The fourth-order valence-electron chi connectivity index (χ4n) is 2.03. The number of benzene rings is 1. The van der Waals surface area contributed by atoms with Gasteiger partial charge in [-0.3, -0.25) is 9.59 Å². The minimum Gasteiger partial charge on any atom is -0.465 e. The lowest BCUT2D eigenvalue weighted by molar-refractivity contribution is -0.143. The molecule has 22 heavy (non-hydrogen) atoms. The van der Waals surface area contributed by atoms with Crippen LogP contribution in [0, 0.1) is 18.6 Å². The average molecular weight is 311 g/mol. The van der Waals surface area contributed by atoms with Gasteiger partial charge in [-0.2, -0.15) is 0 Å². The van der Waals surface area contributed by atoms with Crippen LogP contribution < -0.4 is 5.56 Å². The summed E-state index contributed by atoms with van der Waals surface area (Å²) in [6.45, 7) is 7.26. The average Bonchev–Trinajstić information content (AvgIpc) is 2.49. The topological polar surface area (TPSA) is 48.3 Å². The number of aryl methyl sites for hydroxylation is 1. The Morgan fingerprint density at radius 3 is 2.27 bits per heavy atom. The Morgan fingerprint density at radius 2 is 1.73 bits per heavy atom. The number of carbonyl (C=O) groups is 1. The van der Waals surface area contributed by atoms with Crippen molar-refractivity contribution in [1.29, 1.82) is 0 Å². The molecule has 0 fully saturated rings. The molecule has 0 bridgehead atoms. The summed E-state index contributed by atoms with van der Waals surface area (Å²) in [7, 11) is 0. The zero-order chi connectivity index (χ0) is 16.9. The van der Waals surface area contributed by atoms with Crippen LogP contribution in [0.5, 0.6) is 0 Å². The molecule has 0 N–H and O–H groups in total. The van der Waals surface area contributed by atoms with Gasteiger partial charge < -0.3 is 9.30 Å². The Morgan fingerprint density at radius 1 is 1.18 bits per heavy atom. The Kier molecular flexibility index (Phi) is 6.22. The standard InChI is InChI=1S/C14H13F2NO3.C2H6/c1-3-20-13(18)7-17-6-8(2)9-4-11(15)12(16)5-10(9)14(17)19;1-2/h4-6H,3,7H2,1-2H3;1-2H3. The highest BCUT2D eigenvalue weighted by Gasteiger charge is 2.13. The van der Waals surface area contributed by atoms with Gasteiger partial charge in [0.05, 0.1) is 12.0 Å². The summed E-state index contributed by atoms with van der Waals surface area (Å²) in [5, 5.41) is 0.363. The summed E-state index contributed by atoms with van der Waals surface area (Å²) in [5.74, 6) is -2.66. The first-order valence-electron chi connectivity index (χ1n) is 7.08. The van der Waals surface area contributed by atoms with E-state index in [0.29, 0.717) is 10.9 Å². The van der Waals surface area contributed by atoms with E-state index in [-0.39, 0.29) is 18.5 Å². The van der Waals surface area contributed by atoms with Gasteiger partial charge in [-0.1, -0.05) is 13.8 Å². The van der Waals surface area contributed by atoms with Crippen LogP contribution in [0.4, 0.5) is 8.78 Å². The molecule has 0 unspecified atom stereocenters. The van der Waals surface area contributed by atoms with Gasteiger partial charge in [0, 0.05) is 6.20 Å².